The molecule has 0 unspecified atom stereocenters. The minimum Gasteiger partial charge on any atom is -0.369 e. The van der Waals surface area contributed by atoms with Crippen molar-refractivity contribution < 1.29 is 4.79 Å². The van der Waals surface area contributed by atoms with Gasteiger partial charge >= 0.3 is 0 Å². The lowest BCUT2D eigenvalue weighted by Crippen LogP contribution is -2.32. The molecule has 0 aromatic carbocycles. The van der Waals surface area contributed by atoms with Gasteiger partial charge < -0.3 is 5.73 Å². The summed E-state index contributed by atoms with van der Waals surface area (Å²) in [6.07, 6.45) is 4.87. The summed E-state index contributed by atoms with van der Waals surface area (Å²) in [6.45, 7) is 3.66. The maximum absolute atomic E-state index is 11.4. The fraction of sp³-hybridized carbons (Fsp3) is 0.462. The van der Waals surface area contributed by atoms with E-state index < -0.39 is 5.41 Å². The highest BCUT2D eigenvalue weighted by atomic mass is 79.9. The van der Waals surface area contributed by atoms with Crippen LogP contribution in [0.4, 0.5) is 0 Å². The minimum atomic E-state index is -0.585. The number of carbonyl (C=O) groups excluding carboxylic acids is 1. The topological polar surface area (TPSA) is 73.3 Å². The number of rotatable bonds is 5. The molecule has 21 heavy (non-hydrogen) atoms. The minimum absolute atomic E-state index is 0.319. The average molecular weight is 392 g/mol. The van der Waals surface area contributed by atoms with Gasteiger partial charge in [0.25, 0.3) is 0 Å². The Morgan fingerprint density at radius 2 is 2.24 bits per heavy atom. The van der Waals surface area contributed by atoms with E-state index in [-0.39, 0.29) is 5.91 Å². The summed E-state index contributed by atoms with van der Waals surface area (Å²) >= 11 is 11.3. The average Bonchev–Trinajstić information content (AvgIpc) is 2.77. The largest absolute Gasteiger partial charge is 0.369 e. The molecule has 2 rings (SSSR count). The van der Waals surface area contributed by atoms with Crippen LogP contribution < -0.4 is 5.73 Å². The SMILES string of the molecule is CSc1c(CCC(C)(C)C(N)=O)c(Cl)nc2c(Br)cnn12. The van der Waals surface area contributed by atoms with Gasteiger partial charge in [0, 0.05) is 11.0 Å². The third kappa shape index (κ3) is 3.19. The van der Waals surface area contributed by atoms with E-state index >= 15 is 0 Å². The Kier molecular flexibility index (Phi) is 4.85. The van der Waals surface area contributed by atoms with E-state index in [9.17, 15) is 4.79 Å². The zero-order valence-electron chi connectivity index (χ0n) is 12.0. The number of amides is 1. The summed E-state index contributed by atoms with van der Waals surface area (Å²) in [6, 6.07) is 0. The van der Waals surface area contributed by atoms with Crippen LogP contribution in [0.15, 0.2) is 15.7 Å². The van der Waals surface area contributed by atoms with Crippen molar-refractivity contribution in [1.29, 1.82) is 0 Å². The highest BCUT2D eigenvalue weighted by Gasteiger charge is 2.26. The molecule has 2 aromatic heterocycles. The van der Waals surface area contributed by atoms with Crippen molar-refractivity contribution in [2.45, 2.75) is 31.7 Å². The van der Waals surface area contributed by atoms with Gasteiger partial charge in [-0.1, -0.05) is 25.4 Å². The Balaban J connectivity index is 2.44. The number of primary amides is 1. The number of nitrogens with two attached hydrogens (primary N) is 1. The second-order valence-corrected chi connectivity index (χ2v) is 7.37. The van der Waals surface area contributed by atoms with Crippen LogP contribution in [0.5, 0.6) is 0 Å². The van der Waals surface area contributed by atoms with Crippen molar-refractivity contribution >= 4 is 50.8 Å². The van der Waals surface area contributed by atoms with Crippen molar-refractivity contribution in [2.24, 2.45) is 11.1 Å². The van der Waals surface area contributed by atoms with Gasteiger partial charge in [-0.05, 0) is 35.0 Å². The third-order valence-corrected chi connectivity index (χ3v) is 5.14. The van der Waals surface area contributed by atoms with Crippen molar-refractivity contribution in [1.82, 2.24) is 14.6 Å². The molecule has 0 saturated carbocycles. The summed E-state index contributed by atoms with van der Waals surface area (Å²) in [5.41, 5.74) is 6.41. The van der Waals surface area contributed by atoms with E-state index in [0.29, 0.717) is 23.6 Å². The van der Waals surface area contributed by atoms with Crippen molar-refractivity contribution in [3.05, 3.63) is 21.4 Å². The van der Waals surface area contributed by atoms with Gasteiger partial charge in [-0.25, -0.2) is 9.50 Å². The maximum atomic E-state index is 11.4. The van der Waals surface area contributed by atoms with Gasteiger partial charge in [0.15, 0.2) is 5.65 Å². The van der Waals surface area contributed by atoms with E-state index in [1.165, 1.54) is 0 Å². The predicted octanol–water partition coefficient (Wildman–Crippen LogP) is 3.31. The van der Waals surface area contributed by atoms with Gasteiger partial charge in [0.05, 0.1) is 10.7 Å². The standard InChI is InChI=1S/C13H16BrClN4OS/c1-13(2,12(16)20)5-4-7-9(15)18-10-8(14)6-17-19(10)11(7)21-3/h6H,4-5H2,1-3H3,(H2,16,20). The molecular weight excluding hydrogens is 376 g/mol. The second kappa shape index (κ2) is 6.14. The Labute approximate surface area is 140 Å². The van der Waals surface area contributed by atoms with E-state index in [2.05, 4.69) is 26.0 Å². The second-order valence-electron chi connectivity index (χ2n) is 5.37. The van der Waals surface area contributed by atoms with Crippen LogP contribution in [0.1, 0.15) is 25.8 Å². The molecule has 8 heteroatoms. The van der Waals surface area contributed by atoms with E-state index in [4.69, 9.17) is 17.3 Å². The Morgan fingerprint density at radius 1 is 1.57 bits per heavy atom. The Bertz CT molecular complexity index is 701. The molecule has 0 fully saturated rings. The fourth-order valence-corrected chi connectivity index (χ4v) is 3.35. The molecule has 5 nitrogen and oxygen atoms in total. The zero-order valence-corrected chi connectivity index (χ0v) is 15.1. The summed E-state index contributed by atoms with van der Waals surface area (Å²) in [4.78, 5) is 15.8. The summed E-state index contributed by atoms with van der Waals surface area (Å²) in [5, 5.41) is 5.67. The van der Waals surface area contributed by atoms with Crippen LogP contribution in [0.25, 0.3) is 5.65 Å². The number of thioether (sulfide) groups is 1. The van der Waals surface area contributed by atoms with Crippen LogP contribution in [0.3, 0.4) is 0 Å². The number of carbonyl (C=O) groups is 1. The van der Waals surface area contributed by atoms with E-state index in [1.54, 1.807) is 22.5 Å². The lowest BCUT2D eigenvalue weighted by Gasteiger charge is -2.21. The van der Waals surface area contributed by atoms with Crippen LogP contribution in [0, 0.1) is 5.41 Å². The first-order valence-corrected chi connectivity index (χ1v) is 8.73. The third-order valence-electron chi connectivity index (χ3n) is 3.46. The van der Waals surface area contributed by atoms with Gasteiger partial charge in [0.1, 0.15) is 10.2 Å². The first kappa shape index (κ1) is 16.6. The monoisotopic (exact) mass is 390 g/mol. The molecule has 0 bridgehead atoms. The zero-order chi connectivity index (χ0) is 15.8. The van der Waals surface area contributed by atoms with Gasteiger partial charge in [-0.15, -0.1) is 11.8 Å². The molecule has 0 atom stereocenters. The van der Waals surface area contributed by atoms with Crippen LogP contribution in [-0.2, 0) is 11.2 Å². The lowest BCUT2D eigenvalue weighted by atomic mass is 9.86. The Morgan fingerprint density at radius 3 is 2.81 bits per heavy atom. The van der Waals surface area contributed by atoms with Crippen LogP contribution in [-0.4, -0.2) is 26.8 Å². The molecule has 114 valence electrons. The van der Waals surface area contributed by atoms with Crippen molar-refractivity contribution in [3.8, 4) is 0 Å². The first-order valence-electron chi connectivity index (χ1n) is 6.33. The smallest absolute Gasteiger partial charge is 0.223 e. The van der Waals surface area contributed by atoms with Gasteiger partial charge in [0.2, 0.25) is 5.91 Å². The van der Waals surface area contributed by atoms with Gasteiger partial charge in [-0.2, -0.15) is 5.10 Å². The molecule has 1 amide bonds. The van der Waals surface area contributed by atoms with Crippen molar-refractivity contribution in [3.63, 3.8) is 0 Å². The molecule has 0 radical (unpaired) electrons. The molecule has 2 aromatic rings. The summed E-state index contributed by atoms with van der Waals surface area (Å²) in [7, 11) is 0. The number of aromatic nitrogens is 3. The number of nitrogens with zero attached hydrogens (tertiary/aromatic N) is 3. The lowest BCUT2D eigenvalue weighted by molar-refractivity contribution is -0.126. The van der Waals surface area contributed by atoms with E-state index in [0.717, 1.165) is 15.1 Å². The molecule has 0 aliphatic heterocycles. The number of hydrogen-bond donors (Lipinski definition) is 1. The quantitative estimate of drug-likeness (QED) is 0.627. The molecule has 0 spiro atoms. The van der Waals surface area contributed by atoms with Crippen LogP contribution >= 0.6 is 39.3 Å². The fourth-order valence-electron chi connectivity index (χ4n) is 1.93. The number of fused-ring (bicyclic) bond motifs is 1. The molecule has 0 aliphatic rings. The number of hydrogen-bond acceptors (Lipinski definition) is 4. The predicted molar refractivity (Wildman–Crippen MR) is 88.8 cm³/mol. The molecular formula is C13H16BrClN4OS. The van der Waals surface area contributed by atoms with Gasteiger partial charge in [-0.3, -0.25) is 4.79 Å². The molecule has 0 aliphatic carbocycles. The highest BCUT2D eigenvalue weighted by Crippen LogP contribution is 2.32. The summed E-state index contributed by atoms with van der Waals surface area (Å²) < 4.78 is 2.55. The molecule has 2 N–H and O–H groups in total. The van der Waals surface area contributed by atoms with E-state index in [1.807, 2.05) is 20.1 Å². The maximum Gasteiger partial charge on any atom is 0.223 e. The Hall–Kier alpha value is -0.790. The normalized spacial score (nSPS) is 12.0. The highest BCUT2D eigenvalue weighted by molar-refractivity contribution is 9.10. The summed E-state index contributed by atoms with van der Waals surface area (Å²) in [5.74, 6) is -0.319. The van der Waals surface area contributed by atoms with Crippen molar-refractivity contribution in [2.75, 3.05) is 6.26 Å². The van der Waals surface area contributed by atoms with Crippen LogP contribution in [0.2, 0.25) is 5.15 Å². The molecule has 2 heterocycles. The molecule has 0 saturated heterocycles. The number of halogens is 2. The first-order chi connectivity index (χ1) is 9.77.